The molecule has 2 fully saturated rings. The molecule has 2 aromatic rings. The molecule has 1 aromatic carbocycles. The molecule has 0 radical (unpaired) electrons. The van der Waals surface area contributed by atoms with Crippen molar-refractivity contribution in [3.8, 4) is 0 Å². The zero-order valence-corrected chi connectivity index (χ0v) is 14.7. The Bertz CT molecular complexity index is 894. The summed E-state index contributed by atoms with van der Waals surface area (Å²) in [5.74, 6) is -1.25. The van der Waals surface area contributed by atoms with Crippen LogP contribution in [0.3, 0.4) is 0 Å². The number of likely N-dealkylation sites (tertiary alicyclic amines) is 1. The Labute approximate surface area is 145 Å². The highest BCUT2D eigenvalue weighted by molar-refractivity contribution is 5.84. The van der Waals surface area contributed by atoms with Crippen LogP contribution in [-0.2, 0) is 6.54 Å². The van der Waals surface area contributed by atoms with Gasteiger partial charge in [0.2, 0.25) is 0 Å². The Kier molecular flexibility index (Phi) is 3.83. The van der Waals surface area contributed by atoms with Gasteiger partial charge in [0.1, 0.15) is 11.5 Å². The van der Waals surface area contributed by atoms with Crippen molar-refractivity contribution in [3.05, 3.63) is 40.2 Å². The van der Waals surface area contributed by atoms with E-state index in [9.17, 15) is 9.18 Å². The van der Waals surface area contributed by atoms with Gasteiger partial charge in [-0.2, -0.15) is 0 Å². The Morgan fingerprint density at radius 1 is 1.20 bits per heavy atom. The first kappa shape index (κ1) is 16.5. The lowest BCUT2D eigenvalue weighted by molar-refractivity contribution is 0.311. The molecule has 6 heteroatoms. The molecule has 2 aliphatic rings. The molecule has 4 rings (SSSR count). The predicted molar refractivity (Wildman–Crippen MR) is 95.2 cm³/mol. The fourth-order valence-electron chi connectivity index (χ4n) is 4.56. The monoisotopic (exact) mass is 347 g/mol. The summed E-state index contributed by atoms with van der Waals surface area (Å²) in [6.07, 6.45) is 3.59. The van der Waals surface area contributed by atoms with E-state index >= 15 is 4.39 Å². The van der Waals surface area contributed by atoms with Gasteiger partial charge in [0.05, 0.1) is 10.9 Å². The Hall–Kier alpha value is -1.95. The van der Waals surface area contributed by atoms with E-state index in [-0.39, 0.29) is 27.4 Å². The van der Waals surface area contributed by atoms with Gasteiger partial charge in [-0.05, 0) is 39.4 Å². The number of rotatable bonds is 2. The lowest BCUT2D eigenvalue weighted by Crippen LogP contribution is -2.30. The Morgan fingerprint density at radius 2 is 1.96 bits per heavy atom. The molecule has 1 atom stereocenters. The minimum absolute atomic E-state index is 0.0201. The van der Waals surface area contributed by atoms with Crippen LogP contribution >= 0.6 is 0 Å². The number of aryl methyl sites for hydroxylation is 1. The first-order valence-electron chi connectivity index (χ1n) is 8.89. The summed E-state index contributed by atoms with van der Waals surface area (Å²) in [5, 5.41) is 0.109. The molecule has 3 heterocycles. The smallest absolute Gasteiger partial charge is 0.189 e. The molecule has 1 unspecified atom stereocenters. The molecule has 0 N–H and O–H groups in total. The van der Waals surface area contributed by atoms with E-state index in [0.29, 0.717) is 19.6 Å². The second-order valence-corrected chi connectivity index (χ2v) is 7.54. The Balaban J connectivity index is 1.82. The number of benzene rings is 1. The highest BCUT2D eigenvalue weighted by Gasteiger charge is 2.43. The molecule has 4 nitrogen and oxygen atoms in total. The van der Waals surface area contributed by atoms with Crippen LogP contribution in [0.1, 0.15) is 19.8 Å². The number of anilines is 1. The van der Waals surface area contributed by atoms with Gasteiger partial charge in [0.15, 0.2) is 11.2 Å². The van der Waals surface area contributed by atoms with Crippen molar-refractivity contribution in [2.24, 2.45) is 5.41 Å². The number of nitrogens with zero attached hydrogens (tertiary/aromatic N) is 3. The number of aromatic nitrogens is 1. The first-order valence-corrected chi connectivity index (χ1v) is 8.89. The third kappa shape index (κ3) is 2.54. The van der Waals surface area contributed by atoms with Gasteiger partial charge in [0, 0.05) is 43.9 Å². The van der Waals surface area contributed by atoms with Gasteiger partial charge in [-0.3, -0.25) is 4.79 Å². The zero-order chi connectivity index (χ0) is 17.8. The number of halogens is 2. The summed E-state index contributed by atoms with van der Waals surface area (Å²) in [7, 11) is 2.09. The van der Waals surface area contributed by atoms with Gasteiger partial charge in [-0.15, -0.1) is 0 Å². The number of pyridine rings is 1. The van der Waals surface area contributed by atoms with Crippen molar-refractivity contribution in [1.29, 1.82) is 0 Å². The van der Waals surface area contributed by atoms with Gasteiger partial charge < -0.3 is 14.4 Å². The lowest BCUT2D eigenvalue weighted by atomic mass is 9.86. The fourth-order valence-corrected chi connectivity index (χ4v) is 4.56. The fraction of sp³-hybridized carbons (Fsp3) is 0.526. The maximum Gasteiger partial charge on any atom is 0.189 e. The molecule has 0 amide bonds. The second kappa shape index (κ2) is 5.80. The largest absolute Gasteiger partial charge is 0.366 e. The molecule has 2 saturated heterocycles. The van der Waals surface area contributed by atoms with Crippen LogP contribution in [0, 0.1) is 17.0 Å². The quantitative estimate of drug-likeness (QED) is 0.836. The van der Waals surface area contributed by atoms with Crippen LogP contribution in [0.25, 0.3) is 10.9 Å². The van der Waals surface area contributed by atoms with Gasteiger partial charge in [-0.1, -0.05) is 0 Å². The van der Waals surface area contributed by atoms with Gasteiger partial charge >= 0.3 is 0 Å². The van der Waals surface area contributed by atoms with Crippen molar-refractivity contribution >= 4 is 16.6 Å². The summed E-state index contributed by atoms with van der Waals surface area (Å²) in [6.45, 7) is 5.72. The summed E-state index contributed by atoms with van der Waals surface area (Å²) < 4.78 is 31.7. The van der Waals surface area contributed by atoms with E-state index in [1.54, 1.807) is 10.8 Å². The molecule has 134 valence electrons. The van der Waals surface area contributed by atoms with Gasteiger partial charge in [-0.25, -0.2) is 8.78 Å². The van der Waals surface area contributed by atoms with Crippen LogP contribution in [-0.4, -0.2) is 42.7 Å². The molecule has 1 aromatic heterocycles. The number of hydrogen-bond acceptors (Lipinski definition) is 3. The SMILES string of the molecule is CCn1ccc(=O)c2cc(F)c(N3CCC4(CCN(C)C4)C3)c(F)c21. The van der Waals surface area contributed by atoms with E-state index in [0.717, 1.165) is 25.9 Å². The topological polar surface area (TPSA) is 28.5 Å². The summed E-state index contributed by atoms with van der Waals surface area (Å²) in [5.41, 5.74) is 0.00550. The van der Waals surface area contributed by atoms with Crippen LogP contribution in [0.2, 0.25) is 0 Å². The van der Waals surface area contributed by atoms with Crippen LogP contribution < -0.4 is 10.3 Å². The average molecular weight is 347 g/mol. The molecular formula is C19H23F2N3O. The predicted octanol–water partition coefficient (Wildman–Crippen LogP) is 2.83. The van der Waals surface area contributed by atoms with Crippen LogP contribution in [0.15, 0.2) is 23.1 Å². The molecule has 2 aliphatic heterocycles. The minimum Gasteiger partial charge on any atom is -0.366 e. The normalized spacial score (nSPS) is 24.1. The van der Waals surface area contributed by atoms with Crippen LogP contribution in [0.4, 0.5) is 14.5 Å². The van der Waals surface area contributed by atoms with E-state index in [4.69, 9.17) is 0 Å². The lowest BCUT2D eigenvalue weighted by Gasteiger charge is -2.26. The molecule has 25 heavy (non-hydrogen) atoms. The van der Waals surface area contributed by atoms with Crippen LogP contribution in [0.5, 0.6) is 0 Å². The zero-order valence-electron chi connectivity index (χ0n) is 14.7. The maximum absolute atomic E-state index is 15.3. The third-order valence-corrected chi connectivity index (χ3v) is 5.85. The molecular weight excluding hydrogens is 324 g/mol. The van der Waals surface area contributed by atoms with Gasteiger partial charge in [0.25, 0.3) is 0 Å². The summed E-state index contributed by atoms with van der Waals surface area (Å²) in [4.78, 5) is 16.2. The van der Waals surface area contributed by atoms with Crippen molar-refractivity contribution in [2.75, 3.05) is 38.1 Å². The highest BCUT2D eigenvalue weighted by Crippen LogP contribution is 2.42. The van der Waals surface area contributed by atoms with E-state index < -0.39 is 11.6 Å². The summed E-state index contributed by atoms with van der Waals surface area (Å²) in [6, 6.07) is 2.57. The number of fused-ring (bicyclic) bond motifs is 1. The molecule has 1 spiro atoms. The minimum atomic E-state index is -0.639. The van der Waals surface area contributed by atoms with Crippen molar-refractivity contribution < 1.29 is 8.78 Å². The number of hydrogen-bond donors (Lipinski definition) is 0. The van der Waals surface area contributed by atoms with E-state index in [2.05, 4.69) is 11.9 Å². The Morgan fingerprint density at radius 3 is 2.64 bits per heavy atom. The molecule has 0 aliphatic carbocycles. The highest BCUT2D eigenvalue weighted by atomic mass is 19.1. The average Bonchev–Trinajstić information content (AvgIpc) is 3.15. The molecule has 0 saturated carbocycles. The third-order valence-electron chi connectivity index (χ3n) is 5.85. The van der Waals surface area contributed by atoms with E-state index in [1.807, 2.05) is 11.8 Å². The van der Waals surface area contributed by atoms with E-state index in [1.165, 1.54) is 12.1 Å². The van der Waals surface area contributed by atoms with Crippen molar-refractivity contribution in [2.45, 2.75) is 26.3 Å². The van der Waals surface area contributed by atoms with Crippen molar-refractivity contribution in [1.82, 2.24) is 9.47 Å². The standard InChI is InChI=1S/C19H23F2N3O/c1-3-23-7-4-15(25)13-10-14(20)18(16(21)17(13)23)24-9-6-19(12-24)5-8-22(2)11-19/h4,7,10H,3,5-6,8-9,11-12H2,1-2H3. The second-order valence-electron chi connectivity index (χ2n) is 7.54. The molecule has 0 bridgehead atoms. The first-order chi connectivity index (χ1) is 11.9. The van der Waals surface area contributed by atoms with Crippen molar-refractivity contribution in [3.63, 3.8) is 0 Å². The maximum atomic E-state index is 15.3. The summed E-state index contributed by atoms with van der Waals surface area (Å²) >= 11 is 0.